The van der Waals surface area contributed by atoms with Gasteiger partial charge in [0.15, 0.2) is 0 Å². The van der Waals surface area contributed by atoms with Crippen LogP contribution in [0.4, 0.5) is 0 Å². The number of aromatic amines is 1. The van der Waals surface area contributed by atoms with Gasteiger partial charge in [-0.3, -0.25) is 4.79 Å². The molecule has 4 rings (SSSR count). The SMILES string of the molecule is CCCC(C)CCC.CSc1cn(C)cn1.NC(=O)c1cc(-c2ccsc2)cc2cc[nH]c12. The predicted octanol–water partition coefficient (Wildman–Crippen LogP) is 7.36. The predicted molar refractivity (Wildman–Crippen MR) is 144 cm³/mol. The van der Waals surface area contributed by atoms with Gasteiger partial charge in [-0.2, -0.15) is 11.3 Å². The molecule has 0 aliphatic rings. The Balaban J connectivity index is 0.000000203. The highest BCUT2D eigenvalue weighted by atomic mass is 32.2. The van der Waals surface area contributed by atoms with Crippen molar-refractivity contribution in [2.75, 3.05) is 6.26 Å². The number of carbonyl (C=O) groups excluding carboxylic acids is 1. The molecule has 0 aliphatic heterocycles. The Labute approximate surface area is 205 Å². The van der Waals surface area contributed by atoms with Gasteiger partial charge in [-0.1, -0.05) is 46.5 Å². The van der Waals surface area contributed by atoms with Gasteiger partial charge in [0.25, 0.3) is 5.91 Å². The fourth-order valence-corrected chi connectivity index (χ4v) is 4.67. The van der Waals surface area contributed by atoms with Crippen LogP contribution in [0.1, 0.15) is 56.8 Å². The lowest BCUT2D eigenvalue weighted by molar-refractivity contribution is 0.100. The molecule has 0 spiro atoms. The summed E-state index contributed by atoms with van der Waals surface area (Å²) in [7, 11) is 1.96. The van der Waals surface area contributed by atoms with Crippen LogP contribution in [0.15, 0.2) is 58.8 Å². The summed E-state index contributed by atoms with van der Waals surface area (Å²) in [5.41, 5.74) is 8.88. The molecular weight excluding hydrogens is 448 g/mol. The number of H-pyrrole nitrogens is 1. The first-order chi connectivity index (χ1) is 15.9. The lowest BCUT2D eigenvalue weighted by Gasteiger charge is -2.05. The molecule has 0 aliphatic carbocycles. The van der Waals surface area contributed by atoms with E-state index < -0.39 is 5.91 Å². The van der Waals surface area contributed by atoms with Gasteiger partial charge in [-0.15, -0.1) is 11.8 Å². The molecule has 7 heteroatoms. The highest BCUT2D eigenvalue weighted by Crippen LogP contribution is 2.28. The lowest BCUT2D eigenvalue weighted by Crippen LogP contribution is -2.11. The van der Waals surface area contributed by atoms with Crippen LogP contribution in [0.25, 0.3) is 22.0 Å². The fourth-order valence-electron chi connectivity index (χ4n) is 3.59. The molecule has 0 bridgehead atoms. The monoisotopic (exact) mass is 484 g/mol. The summed E-state index contributed by atoms with van der Waals surface area (Å²) in [6.45, 7) is 6.85. The number of nitrogens with two attached hydrogens (primary N) is 1. The number of thiophene rings is 1. The molecule has 3 N–H and O–H groups in total. The third-order valence-electron chi connectivity index (χ3n) is 5.23. The maximum atomic E-state index is 11.4. The van der Waals surface area contributed by atoms with Gasteiger partial charge < -0.3 is 15.3 Å². The average Bonchev–Trinajstić information content (AvgIpc) is 3.55. The molecule has 0 saturated heterocycles. The maximum absolute atomic E-state index is 11.4. The minimum atomic E-state index is -0.408. The average molecular weight is 485 g/mol. The summed E-state index contributed by atoms with van der Waals surface area (Å²) in [6, 6.07) is 7.87. The van der Waals surface area contributed by atoms with Crippen molar-refractivity contribution in [3.05, 3.63) is 59.3 Å². The van der Waals surface area contributed by atoms with Crippen molar-refractivity contribution in [1.82, 2.24) is 14.5 Å². The number of benzene rings is 1. The van der Waals surface area contributed by atoms with Crippen molar-refractivity contribution in [1.29, 1.82) is 0 Å². The van der Waals surface area contributed by atoms with Gasteiger partial charge in [0, 0.05) is 24.8 Å². The molecule has 1 amide bonds. The number of nitrogens with zero attached hydrogens (tertiary/aromatic N) is 2. The van der Waals surface area contributed by atoms with Crippen molar-refractivity contribution in [2.45, 2.75) is 51.5 Å². The normalized spacial score (nSPS) is 10.5. The van der Waals surface area contributed by atoms with Gasteiger partial charge in [0.2, 0.25) is 0 Å². The van der Waals surface area contributed by atoms with Crippen LogP contribution in [0.5, 0.6) is 0 Å². The smallest absolute Gasteiger partial charge is 0.250 e. The molecule has 0 saturated carbocycles. The Kier molecular flexibility index (Phi) is 11.3. The quantitative estimate of drug-likeness (QED) is 0.269. The number of aryl methyl sites for hydroxylation is 1. The first kappa shape index (κ1) is 26.7. The van der Waals surface area contributed by atoms with Crippen molar-refractivity contribution >= 4 is 39.9 Å². The molecule has 4 aromatic rings. The van der Waals surface area contributed by atoms with Crippen LogP contribution in [0.2, 0.25) is 0 Å². The van der Waals surface area contributed by atoms with E-state index in [1.165, 1.54) is 25.7 Å². The number of thioether (sulfide) groups is 1. The highest BCUT2D eigenvalue weighted by molar-refractivity contribution is 7.98. The summed E-state index contributed by atoms with van der Waals surface area (Å²) < 4.78 is 1.94. The van der Waals surface area contributed by atoms with E-state index in [4.69, 9.17) is 5.73 Å². The van der Waals surface area contributed by atoms with E-state index in [0.29, 0.717) is 5.56 Å². The van der Waals surface area contributed by atoms with Crippen LogP contribution >= 0.6 is 23.1 Å². The van der Waals surface area contributed by atoms with Crippen molar-refractivity contribution in [2.24, 2.45) is 18.7 Å². The summed E-state index contributed by atoms with van der Waals surface area (Å²) in [6.07, 6.45) is 13.1. The third-order valence-corrected chi connectivity index (χ3v) is 6.54. The molecule has 0 fully saturated rings. The van der Waals surface area contributed by atoms with Gasteiger partial charge in [-0.25, -0.2) is 4.98 Å². The van der Waals surface area contributed by atoms with Crippen molar-refractivity contribution in [3.63, 3.8) is 0 Å². The number of amides is 1. The Bertz CT molecular complexity index is 1090. The number of fused-ring (bicyclic) bond motifs is 1. The zero-order chi connectivity index (χ0) is 24.2. The first-order valence-electron chi connectivity index (χ1n) is 11.3. The van der Waals surface area contributed by atoms with Crippen LogP contribution in [-0.2, 0) is 7.05 Å². The molecule has 33 heavy (non-hydrogen) atoms. The van der Waals surface area contributed by atoms with Crippen LogP contribution in [-0.4, -0.2) is 26.7 Å². The van der Waals surface area contributed by atoms with Gasteiger partial charge >= 0.3 is 0 Å². The van der Waals surface area contributed by atoms with Crippen LogP contribution in [0.3, 0.4) is 0 Å². The number of rotatable bonds is 7. The molecule has 5 nitrogen and oxygen atoms in total. The van der Waals surface area contributed by atoms with Crippen molar-refractivity contribution < 1.29 is 4.79 Å². The fraction of sp³-hybridized carbons (Fsp3) is 0.385. The highest BCUT2D eigenvalue weighted by Gasteiger charge is 2.11. The van der Waals surface area contributed by atoms with E-state index in [9.17, 15) is 4.79 Å². The first-order valence-corrected chi connectivity index (χ1v) is 13.5. The van der Waals surface area contributed by atoms with Crippen LogP contribution in [0, 0.1) is 5.92 Å². The van der Waals surface area contributed by atoms with E-state index in [2.05, 4.69) is 42.2 Å². The van der Waals surface area contributed by atoms with E-state index in [1.54, 1.807) is 29.4 Å². The number of hydrogen-bond donors (Lipinski definition) is 2. The Hall–Kier alpha value is -2.51. The summed E-state index contributed by atoms with van der Waals surface area (Å²) in [4.78, 5) is 18.5. The number of carbonyl (C=O) groups is 1. The number of imidazole rings is 1. The zero-order valence-electron chi connectivity index (χ0n) is 20.3. The maximum Gasteiger partial charge on any atom is 0.250 e. The summed E-state index contributed by atoms with van der Waals surface area (Å²) in [5.74, 6) is 0.555. The minimum absolute atomic E-state index is 0.408. The second-order valence-corrected chi connectivity index (χ2v) is 9.71. The van der Waals surface area contributed by atoms with Gasteiger partial charge in [0.05, 0.1) is 17.4 Å². The molecule has 0 unspecified atom stereocenters. The molecule has 3 heterocycles. The minimum Gasteiger partial charge on any atom is -0.366 e. The van der Waals surface area contributed by atoms with Crippen LogP contribution < -0.4 is 5.73 Å². The second kappa shape index (κ2) is 13.9. The van der Waals surface area contributed by atoms with E-state index in [0.717, 1.165) is 33.0 Å². The Morgan fingerprint density at radius 1 is 1.21 bits per heavy atom. The second-order valence-electron chi connectivity index (χ2n) is 8.11. The number of hydrogen-bond acceptors (Lipinski definition) is 4. The molecule has 3 aromatic heterocycles. The Morgan fingerprint density at radius 2 is 1.94 bits per heavy atom. The number of aromatic nitrogens is 3. The number of primary amides is 1. The Morgan fingerprint density at radius 3 is 2.42 bits per heavy atom. The summed E-state index contributed by atoms with van der Waals surface area (Å²) >= 11 is 3.29. The lowest BCUT2D eigenvalue weighted by atomic mass is 10.0. The number of nitrogens with one attached hydrogen (secondary N) is 1. The standard InChI is InChI=1S/C13H10N2OS.C8H18.C5H8N2S/c14-13(16)11-6-10(9-2-4-17-7-9)5-8-1-3-15-12(8)11;1-4-6-8(3)7-5-2;1-7-3-5(8-2)6-4-7/h1-7,15H,(H2,14,16);8H,4-7H2,1-3H3;3-4H,1-2H3. The van der Waals surface area contributed by atoms with E-state index in [-0.39, 0.29) is 0 Å². The topological polar surface area (TPSA) is 76.7 Å². The van der Waals surface area contributed by atoms with E-state index in [1.807, 2.05) is 53.8 Å². The zero-order valence-corrected chi connectivity index (χ0v) is 21.9. The molecule has 1 aromatic carbocycles. The van der Waals surface area contributed by atoms with Gasteiger partial charge in [0.1, 0.15) is 5.03 Å². The third kappa shape index (κ3) is 8.41. The molecule has 0 atom stereocenters. The van der Waals surface area contributed by atoms with Crippen molar-refractivity contribution in [3.8, 4) is 11.1 Å². The van der Waals surface area contributed by atoms with E-state index >= 15 is 0 Å². The molecular formula is C26H36N4OS2. The molecule has 0 radical (unpaired) electrons. The largest absolute Gasteiger partial charge is 0.366 e. The van der Waals surface area contributed by atoms with Gasteiger partial charge in [-0.05, 0) is 58.3 Å². The molecule has 178 valence electrons. The summed E-state index contributed by atoms with van der Waals surface area (Å²) in [5, 5.41) is 6.15.